The van der Waals surface area contributed by atoms with Gasteiger partial charge in [0.05, 0.1) is 24.0 Å². The zero-order valence-corrected chi connectivity index (χ0v) is 15.6. The van der Waals surface area contributed by atoms with Gasteiger partial charge in [-0.25, -0.2) is 4.79 Å². The first-order chi connectivity index (χ1) is 11.3. The molecule has 4 nitrogen and oxygen atoms in total. The van der Waals surface area contributed by atoms with Gasteiger partial charge in [0.25, 0.3) is 0 Å². The molecule has 0 bridgehead atoms. The first-order valence-corrected chi connectivity index (χ1v) is 8.74. The third kappa shape index (κ3) is 3.73. The molecular formula is C19H21BrN2O2. The summed E-state index contributed by atoms with van der Waals surface area (Å²) in [4.78, 5) is 14.4. The van der Waals surface area contributed by atoms with Crippen LogP contribution in [0.4, 0.5) is 16.2 Å². The van der Waals surface area contributed by atoms with Gasteiger partial charge in [0.15, 0.2) is 0 Å². The molecule has 0 unspecified atom stereocenters. The first kappa shape index (κ1) is 16.8. The summed E-state index contributed by atoms with van der Waals surface area (Å²) in [6.07, 6.45) is -0.321. The second-order valence-electron chi connectivity index (χ2n) is 6.86. The number of nitrogens with zero attached hydrogens (tertiary/aromatic N) is 1. The van der Waals surface area contributed by atoms with Crippen LogP contribution < -0.4 is 10.2 Å². The lowest BCUT2D eigenvalue weighted by molar-refractivity contribution is 0.0577. The standard InChI is InChI=1S/C19H21BrN2O2/c1-19(2,3)24-18(23)22-12-16(13-8-10-14(20)11-9-13)21-15-6-4-5-7-17(15)22/h4-11,16,21H,12H2,1-3H3/t16-/m0/s1. The summed E-state index contributed by atoms with van der Waals surface area (Å²) in [6.45, 7) is 6.16. The Kier molecular flexibility index (Phi) is 4.54. The van der Waals surface area contributed by atoms with Crippen LogP contribution in [0, 0.1) is 0 Å². The number of halogens is 1. The maximum atomic E-state index is 12.7. The van der Waals surface area contributed by atoms with E-state index in [9.17, 15) is 4.79 Å². The molecule has 1 aliphatic rings. The predicted molar refractivity (Wildman–Crippen MR) is 101 cm³/mol. The lowest BCUT2D eigenvalue weighted by atomic mass is 10.0. The van der Waals surface area contributed by atoms with Gasteiger partial charge in [-0.15, -0.1) is 0 Å². The molecule has 1 amide bonds. The van der Waals surface area contributed by atoms with E-state index in [0.29, 0.717) is 6.54 Å². The lowest BCUT2D eigenvalue weighted by Crippen LogP contribution is -2.43. The molecule has 1 atom stereocenters. The average Bonchev–Trinajstić information content (AvgIpc) is 2.53. The number of nitrogens with one attached hydrogen (secondary N) is 1. The summed E-state index contributed by atoms with van der Waals surface area (Å²) in [5.41, 5.74) is 2.38. The van der Waals surface area contributed by atoms with Gasteiger partial charge in [-0.05, 0) is 50.6 Å². The smallest absolute Gasteiger partial charge is 0.414 e. The van der Waals surface area contributed by atoms with Crippen molar-refractivity contribution < 1.29 is 9.53 Å². The number of anilines is 2. The van der Waals surface area contributed by atoms with E-state index in [4.69, 9.17) is 4.74 Å². The molecule has 2 aromatic rings. The molecule has 0 radical (unpaired) electrons. The van der Waals surface area contributed by atoms with Crippen molar-refractivity contribution in [2.45, 2.75) is 32.4 Å². The number of ether oxygens (including phenoxy) is 1. The van der Waals surface area contributed by atoms with E-state index in [2.05, 4.69) is 33.4 Å². The van der Waals surface area contributed by atoms with Crippen LogP contribution in [0.3, 0.4) is 0 Å². The number of rotatable bonds is 1. The van der Waals surface area contributed by atoms with Gasteiger partial charge in [-0.1, -0.05) is 40.2 Å². The summed E-state index contributed by atoms with van der Waals surface area (Å²) in [7, 11) is 0. The number of fused-ring (bicyclic) bond motifs is 1. The second kappa shape index (κ2) is 6.48. The molecule has 24 heavy (non-hydrogen) atoms. The van der Waals surface area contributed by atoms with Crippen LogP contribution >= 0.6 is 15.9 Å². The number of para-hydroxylation sites is 2. The van der Waals surface area contributed by atoms with Crippen LogP contribution in [-0.2, 0) is 4.74 Å². The quantitative estimate of drug-likeness (QED) is 0.714. The van der Waals surface area contributed by atoms with Crippen molar-refractivity contribution >= 4 is 33.4 Å². The normalized spacial score (nSPS) is 17.0. The summed E-state index contributed by atoms with van der Waals surface area (Å²) >= 11 is 3.46. The van der Waals surface area contributed by atoms with Gasteiger partial charge in [0.2, 0.25) is 0 Å². The van der Waals surface area contributed by atoms with Gasteiger partial charge in [0, 0.05) is 4.47 Å². The highest BCUT2D eigenvalue weighted by Gasteiger charge is 2.31. The number of amides is 1. The van der Waals surface area contributed by atoms with E-state index >= 15 is 0 Å². The largest absolute Gasteiger partial charge is 0.443 e. The molecular weight excluding hydrogens is 368 g/mol. The summed E-state index contributed by atoms with van der Waals surface area (Å²) in [6, 6.07) is 16.0. The van der Waals surface area contributed by atoms with Crippen LogP contribution in [0.5, 0.6) is 0 Å². The third-order valence-corrected chi connectivity index (χ3v) is 4.30. The minimum Gasteiger partial charge on any atom is -0.443 e. The fraction of sp³-hybridized carbons (Fsp3) is 0.316. The van der Waals surface area contributed by atoms with E-state index in [-0.39, 0.29) is 12.1 Å². The molecule has 1 N–H and O–H groups in total. The van der Waals surface area contributed by atoms with Crippen molar-refractivity contribution in [3.05, 3.63) is 58.6 Å². The van der Waals surface area contributed by atoms with E-state index in [1.807, 2.05) is 57.2 Å². The van der Waals surface area contributed by atoms with Gasteiger partial charge in [-0.2, -0.15) is 0 Å². The molecule has 5 heteroatoms. The SMILES string of the molecule is CC(C)(C)OC(=O)N1C[C@@H](c2ccc(Br)cc2)Nc2ccccc21. The Bertz CT molecular complexity index is 738. The van der Waals surface area contributed by atoms with E-state index in [1.54, 1.807) is 4.90 Å². The van der Waals surface area contributed by atoms with Crippen molar-refractivity contribution in [2.24, 2.45) is 0 Å². The monoisotopic (exact) mass is 388 g/mol. The van der Waals surface area contributed by atoms with Crippen molar-refractivity contribution in [3.63, 3.8) is 0 Å². The van der Waals surface area contributed by atoms with Crippen molar-refractivity contribution in [1.29, 1.82) is 0 Å². The molecule has 3 rings (SSSR count). The van der Waals surface area contributed by atoms with Crippen molar-refractivity contribution in [1.82, 2.24) is 0 Å². The van der Waals surface area contributed by atoms with Gasteiger partial charge in [0.1, 0.15) is 5.60 Å². The van der Waals surface area contributed by atoms with Crippen molar-refractivity contribution in [2.75, 3.05) is 16.8 Å². The maximum absolute atomic E-state index is 12.7. The number of carbonyl (C=O) groups is 1. The van der Waals surface area contributed by atoms with Crippen LogP contribution in [0.15, 0.2) is 53.0 Å². The maximum Gasteiger partial charge on any atom is 0.414 e. The fourth-order valence-electron chi connectivity index (χ4n) is 2.72. The summed E-state index contributed by atoms with van der Waals surface area (Å²) in [5.74, 6) is 0. The Labute approximate surface area is 150 Å². The van der Waals surface area contributed by atoms with E-state index < -0.39 is 5.60 Å². The predicted octanol–water partition coefficient (Wildman–Crippen LogP) is 5.36. The summed E-state index contributed by atoms with van der Waals surface area (Å²) < 4.78 is 6.62. The van der Waals surface area contributed by atoms with Gasteiger partial charge >= 0.3 is 6.09 Å². The first-order valence-electron chi connectivity index (χ1n) is 7.95. The Morgan fingerprint density at radius 2 is 1.83 bits per heavy atom. The molecule has 0 saturated carbocycles. The highest BCUT2D eigenvalue weighted by molar-refractivity contribution is 9.10. The van der Waals surface area contributed by atoms with Crippen LogP contribution in [0.2, 0.25) is 0 Å². The molecule has 0 fully saturated rings. The van der Waals surface area contributed by atoms with Gasteiger partial charge < -0.3 is 10.1 Å². The highest BCUT2D eigenvalue weighted by atomic mass is 79.9. The van der Waals surface area contributed by atoms with Crippen LogP contribution in [0.25, 0.3) is 0 Å². The Morgan fingerprint density at radius 3 is 2.50 bits per heavy atom. The third-order valence-electron chi connectivity index (χ3n) is 3.78. The molecule has 1 heterocycles. The number of carbonyl (C=O) groups excluding carboxylic acids is 1. The molecule has 2 aromatic carbocycles. The Morgan fingerprint density at radius 1 is 1.17 bits per heavy atom. The Balaban J connectivity index is 1.92. The molecule has 0 aliphatic carbocycles. The number of benzene rings is 2. The Hall–Kier alpha value is -2.01. The molecule has 0 spiro atoms. The second-order valence-corrected chi connectivity index (χ2v) is 7.77. The minimum atomic E-state index is -0.524. The minimum absolute atomic E-state index is 0.0144. The van der Waals surface area contributed by atoms with E-state index in [1.165, 1.54) is 0 Å². The van der Waals surface area contributed by atoms with E-state index in [0.717, 1.165) is 21.4 Å². The van der Waals surface area contributed by atoms with Crippen LogP contribution in [-0.4, -0.2) is 18.2 Å². The van der Waals surface area contributed by atoms with Gasteiger partial charge in [-0.3, -0.25) is 4.90 Å². The number of hydrogen-bond acceptors (Lipinski definition) is 3. The molecule has 0 saturated heterocycles. The fourth-order valence-corrected chi connectivity index (χ4v) is 2.98. The highest BCUT2D eigenvalue weighted by Crippen LogP contribution is 2.36. The number of hydrogen-bond donors (Lipinski definition) is 1. The zero-order valence-electron chi connectivity index (χ0n) is 14.0. The topological polar surface area (TPSA) is 41.6 Å². The lowest BCUT2D eigenvalue weighted by Gasteiger charge is -2.36. The zero-order chi connectivity index (χ0) is 17.3. The average molecular weight is 389 g/mol. The molecule has 126 valence electrons. The van der Waals surface area contributed by atoms with Crippen molar-refractivity contribution in [3.8, 4) is 0 Å². The van der Waals surface area contributed by atoms with Crippen LogP contribution in [0.1, 0.15) is 32.4 Å². The summed E-state index contributed by atoms with van der Waals surface area (Å²) in [5, 5.41) is 3.52. The molecule has 0 aromatic heterocycles. The molecule has 1 aliphatic heterocycles.